The van der Waals surface area contributed by atoms with Crippen LogP contribution in [0.25, 0.3) is 0 Å². The van der Waals surface area contributed by atoms with Gasteiger partial charge in [-0.15, -0.1) is 11.8 Å². The second kappa shape index (κ2) is 10.1. The van der Waals surface area contributed by atoms with Crippen LogP contribution in [0.2, 0.25) is 0 Å². The van der Waals surface area contributed by atoms with E-state index in [1.165, 1.54) is 32.1 Å². The number of hydrogen-bond donors (Lipinski definition) is 1. The van der Waals surface area contributed by atoms with Crippen molar-refractivity contribution < 1.29 is 0 Å². The van der Waals surface area contributed by atoms with E-state index in [4.69, 9.17) is 0 Å². The van der Waals surface area contributed by atoms with E-state index < -0.39 is 0 Å². The molecule has 0 bridgehead atoms. The second-order valence-corrected chi connectivity index (χ2v) is 4.17. The van der Waals surface area contributed by atoms with Crippen molar-refractivity contribution in [1.82, 2.24) is 5.32 Å². The third-order valence-corrected chi connectivity index (χ3v) is 3.15. The highest BCUT2D eigenvalue weighted by atomic mass is 14.9. The first-order valence-corrected chi connectivity index (χ1v) is 6.36. The first kappa shape index (κ1) is 14.5. The molecule has 0 saturated carbocycles. The van der Waals surface area contributed by atoms with Crippen LogP contribution in [0.3, 0.4) is 0 Å². The van der Waals surface area contributed by atoms with Crippen molar-refractivity contribution in [3.8, 4) is 11.8 Å². The highest BCUT2D eigenvalue weighted by Crippen LogP contribution is 2.19. The Kier molecular flexibility index (Phi) is 9.73. The van der Waals surface area contributed by atoms with Gasteiger partial charge in [-0.3, -0.25) is 0 Å². The lowest BCUT2D eigenvalue weighted by atomic mass is 9.89. The predicted octanol–water partition coefficient (Wildman–Crippen LogP) is 3.59. The van der Waals surface area contributed by atoms with Crippen molar-refractivity contribution in [3.05, 3.63) is 0 Å². The molecule has 0 saturated heterocycles. The molecule has 0 fully saturated rings. The summed E-state index contributed by atoms with van der Waals surface area (Å²) in [4.78, 5) is 0. The molecule has 0 aliphatic heterocycles. The smallest absolute Gasteiger partial charge is 0.0103 e. The molecule has 1 nitrogen and oxygen atoms in total. The Morgan fingerprint density at radius 1 is 1.20 bits per heavy atom. The zero-order valence-corrected chi connectivity index (χ0v) is 10.9. The van der Waals surface area contributed by atoms with Crippen LogP contribution in [0, 0.1) is 17.8 Å². The van der Waals surface area contributed by atoms with E-state index in [2.05, 4.69) is 38.1 Å². The van der Waals surface area contributed by atoms with E-state index in [0.29, 0.717) is 6.04 Å². The van der Waals surface area contributed by atoms with Gasteiger partial charge in [0, 0.05) is 12.5 Å². The molecule has 0 aliphatic carbocycles. The van der Waals surface area contributed by atoms with Crippen molar-refractivity contribution >= 4 is 0 Å². The SMILES string of the molecule is CC#CCCC(NC)C(CC)CCCC. The molecule has 0 rings (SSSR count). The first-order chi connectivity index (χ1) is 7.29. The van der Waals surface area contributed by atoms with Gasteiger partial charge in [0.2, 0.25) is 0 Å². The summed E-state index contributed by atoms with van der Waals surface area (Å²) in [6, 6.07) is 0.655. The Hall–Kier alpha value is -0.480. The molecule has 0 heterocycles. The van der Waals surface area contributed by atoms with Crippen LogP contribution >= 0.6 is 0 Å². The van der Waals surface area contributed by atoms with Gasteiger partial charge in [0.25, 0.3) is 0 Å². The summed E-state index contributed by atoms with van der Waals surface area (Å²) < 4.78 is 0. The maximum atomic E-state index is 3.45. The van der Waals surface area contributed by atoms with Crippen molar-refractivity contribution in [3.63, 3.8) is 0 Å². The van der Waals surface area contributed by atoms with Crippen LogP contribution in [-0.2, 0) is 0 Å². The molecular formula is C14H27N. The number of unbranched alkanes of at least 4 members (excludes halogenated alkanes) is 1. The molecule has 2 atom stereocenters. The van der Waals surface area contributed by atoms with Crippen LogP contribution < -0.4 is 5.32 Å². The fourth-order valence-electron chi connectivity index (χ4n) is 2.12. The van der Waals surface area contributed by atoms with Gasteiger partial charge in [0.15, 0.2) is 0 Å². The number of hydrogen-bond acceptors (Lipinski definition) is 1. The summed E-state index contributed by atoms with van der Waals surface area (Å²) in [6.45, 7) is 6.49. The number of nitrogens with one attached hydrogen (secondary N) is 1. The first-order valence-electron chi connectivity index (χ1n) is 6.36. The van der Waals surface area contributed by atoms with Gasteiger partial charge in [0.05, 0.1) is 0 Å². The summed E-state index contributed by atoms with van der Waals surface area (Å²) in [5, 5.41) is 3.45. The zero-order valence-electron chi connectivity index (χ0n) is 10.9. The third-order valence-electron chi connectivity index (χ3n) is 3.15. The van der Waals surface area contributed by atoms with Crippen LogP contribution in [0.15, 0.2) is 0 Å². The fourth-order valence-corrected chi connectivity index (χ4v) is 2.12. The average Bonchev–Trinajstić information content (AvgIpc) is 2.27. The minimum absolute atomic E-state index is 0.655. The lowest BCUT2D eigenvalue weighted by Crippen LogP contribution is -2.33. The second-order valence-electron chi connectivity index (χ2n) is 4.17. The largest absolute Gasteiger partial charge is 0.317 e. The maximum Gasteiger partial charge on any atom is 0.0103 e. The molecule has 0 aromatic heterocycles. The monoisotopic (exact) mass is 209 g/mol. The van der Waals surface area contributed by atoms with Gasteiger partial charge in [-0.1, -0.05) is 33.1 Å². The van der Waals surface area contributed by atoms with E-state index in [0.717, 1.165) is 12.3 Å². The molecule has 1 N–H and O–H groups in total. The molecule has 0 spiro atoms. The van der Waals surface area contributed by atoms with Crippen molar-refractivity contribution in [1.29, 1.82) is 0 Å². The predicted molar refractivity (Wildman–Crippen MR) is 68.8 cm³/mol. The van der Waals surface area contributed by atoms with E-state index >= 15 is 0 Å². The molecule has 0 aromatic carbocycles. The van der Waals surface area contributed by atoms with E-state index in [1.807, 2.05) is 6.92 Å². The Morgan fingerprint density at radius 3 is 2.40 bits per heavy atom. The minimum atomic E-state index is 0.655. The summed E-state index contributed by atoms with van der Waals surface area (Å²) in [5.41, 5.74) is 0. The van der Waals surface area contributed by atoms with Gasteiger partial charge < -0.3 is 5.32 Å². The molecule has 15 heavy (non-hydrogen) atoms. The lowest BCUT2D eigenvalue weighted by Gasteiger charge is -2.25. The normalized spacial score (nSPS) is 14.1. The summed E-state index contributed by atoms with van der Waals surface area (Å²) >= 11 is 0. The molecule has 2 unspecified atom stereocenters. The van der Waals surface area contributed by atoms with Crippen LogP contribution in [0.1, 0.15) is 59.3 Å². The quantitative estimate of drug-likeness (QED) is 0.602. The molecule has 1 heteroatoms. The summed E-state index contributed by atoms with van der Waals surface area (Å²) in [7, 11) is 2.08. The maximum absolute atomic E-state index is 3.45. The van der Waals surface area contributed by atoms with E-state index in [9.17, 15) is 0 Å². The minimum Gasteiger partial charge on any atom is -0.317 e. The van der Waals surface area contributed by atoms with Crippen LogP contribution in [-0.4, -0.2) is 13.1 Å². The zero-order chi connectivity index (χ0) is 11.5. The molecule has 88 valence electrons. The van der Waals surface area contributed by atoms with Gasteiger partial charge in [-0.05, 0) is 32.7 Å². The van der Waals surface area contributed by atoms with Gasteiger partial charge in [-0.25, -0.2) is 0 Å². The Balaban J connectivity index is 3.99. The van der Waals surface area contributed by atoms with E-state index in [1.54, 1.807) is 0 Å². The molecule has 0 aromatic rings. The number of rotatable bonds is 8. The molecule has 0 radical (unpaired) electrons. The average molecular weight is 209 g/mol. The topological polar surface area (TPSA) is 12.0 Å². The Bertz CT molecular complexity index is 187. The molecule has 0 aliphatic rings. The Morgan fingerprint density at radius 2 is 1.93 bits per heavy atom. The van der Waals surface area contributed by atoms with Gasteiger partial charge >= 0.3 is 0 Å². The lowest BCUT2D eigenvalue weighted by molar-refractivity contribution is 0.319. The highest BCUT2D eigenvalue weighted by molar-refractivity contribution is 4.96. The van der Waals surface area contributed by atoms with Crippen LogP contribution in [0.5, 0.6) is 0 Å². The fraction of sp³-hybridized carbons (Fsp3) is 0.857. The van der Waals surface area contributed by atoms with Crippen molar-refractivity contribution in [2.45, 2.75) is 65.3 Å². The third kappa shape index (κ3) is 6.57. The van der Waals surface area contributed by atoms with E-state index in [-0.39, 0.29) is 0 Å². The summed E-state index contributed by atoms with van der Waals surface area (Å²) in [5.74, 6) is 6.96. The standard InChI is InChI=1S/C14H27N/c1-5-8-10-12-14(15-4)13(7-3)11-9-6-2/h13-15H,6-7,9-12H2,1-4H3. The molecular weight excluding hydrogens is 182 g/mol. The van der Waals surface area contributed by atoms with Gasteiger partial charge in [-0.2, -0.15) is 0 Å². The van der Waals surface area contributed by atoms with Crippen molar-refractivity contribution in [2.24, 2.45) is 5.92 Å². The van der Waals surface area contributed by atoms with Crippen LogP contribution in [0.4, 0.5) is 0 Å². The van der Waals surface area contributed by atoms with Gasteiger partial charge in [0.1, 0.15) is 0 Å². The Labute approximate surface area is 96.0 Å². The highest BCUT2D eigenvalue weighted by Gasteiger charge is 2.16. The van der Waals surface area contributed by atoms with Crippen molar-refractivity contribution in [2.75, 3.05) is 7.05 Å². The summed E-state index contributed by atoms with van der Waals surface area (Å²) in [6.07, 6.45) is 7.53. The molecule has 0 amide bonds.